The third-order valence-electron chi connectivity index (χ3n) is 5.52. The third kappa shape index (κ3) is 3.60. The molecule has 2 aromatic rings. The number of halogens is 1. The van der Waals surface area contributed by atoms with Crippen molar-refractivity contribution >= 4 is 19.2 Å². The van der Waals surface area contributed by atoms with Crippen molar-refractivity contribution in [3.63, 3.8) is 0 Å². The summed E-state index contributed by atoms with van der Waals surface area (Å²) in [4.78, 5) is 14.9. The number of nitrogens with zero attached hydrogens (tertiary/aromatic N) is 1. The molecule has 2 aromatic carbocycles. The standard InChI is InChI=1S/C22H23BFNO/c1-3-12-22(18-6-10-20(24)11-7-18)13-14-25(21(26)15-22)16(2)17-4-8-19(23)9-5-17/h3-11,16H,1,12-15H2,2H3/t16-,22+/m0/s1. The first kappa shape index (κ1) is 18.4. The van der Waals surface area contributed by atoms with E-state index in [0.717, 1.165) is 17.5 Å². The molecule has 26 heavy (non-hydrogen) atoms. The zero-order valence-electron chi connectivity index (χ0n) is 15.1. The second kappa shape index (κ2) is 7.49. The molecule has 0 aromatic heterocycles. The molecule has 0 N–H and O–H groups in total. The summed E-state index contributed by atoms with van der Waals surface area (Å²) in [7, 11) is 5.76. The van der Waals surface area contributed by atoms with E-state index < -0.39 is 0 Å². The molecule has 4 heteroatoms. The van der Waals surface area contributed by atoms with E-state index in [9.17, 15) is 9.18 Å². The van der Waals surface area contributed by atoms with Crippen molar-refractivity contribution in [2.24, 2.45) is 0 Å². The Balaban J connectivity index is 1.83. The van der Waals surface area contributed by atoms with Crippen LogP contribution < -0.4 is 5.46 Å². The van der Waals surface area contributed by atoms with E-state index in [2.05, 4.69) is 6.58 Å². The third-order valence-corrected chi connectivity index (χ3v) is 5.52. The zero-order valence-corrected chi connectivity index (χ0v) is 15.1. The van der Waals surface area contributed by atoms with Gasteiger partial charge in [0.25, 0.3) is 0 Å². The van der Waals surface area contributed by atoms with E-state index in [-0.39, 0.29) is 23.2 Å². The quantitative estimate of drug-likeness (QED) is 0.595. The van der Waals surface area contributed by atoms with Crippen LogP contribution in [0.4, 0.5) is 4.39 Å². The molecule has 1 aliphatic rings. The van der Waals surface area contributed by atoms with E-state index in [1.54, 1.807) is 12.1 Å². The second-order valence-corrected chi connectivity index (χ2v) is 7.14. The molecule has 2 atom stereocenters. The molecule has 0 unspecified atom stereocenters. The van der Waals surface area contributed by atoms with Gasteiger partial charge in [0.2, 0.25) is 5.91 Å². The Kier molecular flexibility index (Phi) is 5.31. The predicted molar refractivity (Wildman–Crippen MR) is 104 cm³/mol. The lowest BCUT2D eigenvalue weighted by atomic mass is 9.70. The van der Waals surface area contributed by atoms with Crippen LogP contribution in [0.25, 0.3) is 0 Å². The minimum atomic E-state index is -0.302. The van der Waals surface area contributed by atoms with Crippen LogP contribution in [-0.2, 0) is 10.2 Å². The first-order valence-corrected chi connectivity index (χ1v) is 8.97. The average molecular weight is 347 g/mol. The number of allylic oxidation sites excluding steroid dienone is 1. The fraction of sp³-hybridized carbons (Fsp3) is 0.318. The molecular formula is C22H23BFNO. The summed E-state index contributed by atoms with van der Waals surface area (Å²) in [5.74, 6) is -0.144. The summed E-state index contributed by atoms with van der Waals surface area (Å²) in [5, 5.41) is 0. The van der Waals surface area contributed by atoms with Gasteiger partial charge in [0, 0.05) is 18.4 Å². The maximum atomic E-state index is 13.3. The van der Waals surface area contributed by atoms with Crippen molar-refractivity contribution in [2.45, 2.75) is 37.6 Å². The minimum Gasteiger partial charge on any atom is -0.336 e. The molecule has 1 amide bonds. The maximum absolute atomic E-state index is 13.3. The lowest BCUT2D eigenvalue weighted by Crippen LogP contribution is -2.47. The van der Waals surface area contributed by atoms with E-state index >= 15 is 0 Å². The molecule has 1 aliphatic heterocycles. The lowest BCUT2D eigenvalue weighted by molar-refractivity contribution is -0.138. The van der Waals surface area contributed by atoms with Gasteiger partial charge in [-0.05, 0) is 43.0 Å². The van der Waals surface area contributed by atoms with Crippen LogP contribution in [0.2, 0.25) is 0 Å². The van der Waals surface area contributed by atoms with Gasteiger partial charge >= 0.3 is 0 Å². The monoisotopic (exact) mass is 347 g/mol. The topological polar surface area (TPSA) is 20.3 Å². The molecule has 1 saturated heterocycles. The van der Waals surface area contributed by atoms with Crippen molar-refractivity contribution in [1.82, 2.24) is 4.90 Å². The minimum absolute atomic E-state index is 0.00181. The number of benzene rings is 2. The van der Waals surface area contributed by atoms with Crippen LogP contribution in [-0.4, -0.2) is 25.2 Å². The maximum Gasteiger partial charge on any atom is 0.223 e. The summed E-state index contributed by atoms with van der Waals surface area (Å²) in [6.45, 7) is 6.57. The van der Waals surface area contributed by atoms with Gasteiger partial charge in [-0.3, -0.25) is 4.79 Å². The van der Waals surface area contributed by atoms with E-state index in [0.29, 0.717) is 24.8 Å². The summed E-state index contributed by atoms with van der Waals surface area (Å²) in [6.07, 6.45) is 3.80. The predicted octanol–water partition coefficient (Wildman–Crippen LogP) is 3.82. The smallest absolute Gasteiger partial charge is 0.223 e. The molecule has 3 rings (SSSR count). The van der Waals surface area contributed by atoms with E-state index in [1.807, 2.05) is 42.2 Å². The molecular weight excluding hydrogens is 324 g/mol. The SMILES string of the molecule is [B]c1ccc([C@H](C)N2CC[C@@](CC=C)(c3ccc(F)cc3)CC2=O)cc1. The zero-order chi connectivity index (χ0) is 18.7. The molecule has 0 spiro atoms. The van der Waals surface area contributed by atoms with Gasteiger partial charge in [-0.1, -0.05) is 47.9 Å². The molecule has 2 nitrogen and oxygen atoms in total. The van der Waals surface area contributed by atoms with Crippen molar-refractivity contribution in [2.75, 3.05) is 6.54 Å². The Morgan fingerprint density at radius 2 is 1.88 bits per heavy atom. The summed E-state index contributed by atoms with van der Waals surface area (Å²) < 4.78 is 13.3. The second-order valence-electron chi connectivity index (χ2n) is 7.14. The molecule has 1 heterocycles. The van der Waals surface area contributed by atoms with Crippen LogP contribution in [0.1, 0.15) is 43.4 Å². The Hall–Kier alpha value is -2.36. The number of hydrogen-bond donors (Lipinski definition) is 0. The van der Waals surface area contributed by atoms with Crippen LogP contribution >= 0.6 is 0 Å². The number of piperidine rings is 1. The first-order valence-electron chi connectivity index (χ1n) is 8.97. The highest BCUT2D eigenvalue weighted by molar-refractivity contribution is 6.32. The molecule has 0 bridgehead atoms. The van der Waals surface area contributed by atoms with Gasteiger partial charge < -0.3 is 4.90 Å². The van der Waals surface area contributed by atoms with Crippen LogP contribution in [0.15, 0.2) is 61.2 Å². The highest BCUT2D eigenvalue weighted by atomic mass is 19.1. The Morgan fingerprint density at radius 3 is 2.46 bits per heavy atom. The van der Waals surface area contributed by atoms with Gasteiger partial charge in [0.1, 0.15) is 13.7 Å². The number of rotatable bonds is 5. The van der Waals surface area contributed by atoms with Gasteiger partial charge in [-0.15, -0.1) is 6.58 Å². The van der Waals surface area contributed by atoms with Crippen molar-refractivity contribution in [3.05, 3.63) is 78.1 Å². The number of amides is 1. The number of hydrogen-bond acceptors (Lipinski definition) is 1. The highest BCUT2D eigenvalue weighted by Crippen LogP contribution is 2.41. The van der Waals surface area contributed by atoms with Crippen LogP contribution in [0.5, 0.6) is 0 Å². The first-order chi connectivity index (χ1) is 12.4. The fourth-order valence-electron chi connectivity index (χ4n) is 3.92. The normalized spacial score (nSPS) is 21.5. The molecule has 0 saturated carbocycles. The Morgan fingerprint density at radius 1 is 1.23 bits per heavy atom. The largest absolute Gasteiger partial charge is 0.336 e. The van der Waals surface area contributed by atoms with E-state index in [1.165, 1.54) is 12.1 Å². The summed E-state index contributed by atoms with van der Waals surface area (Å²) in [5.41, 5.74) is 2.49. The summed E-state index contributed by atoms with van der Waals surface area (Å²) >= 11 is 0. The van der Waals surface area contributed by atoms with Crippen LogP contribution in [0, 0.1) is 5.82 Å². The Bertz CT molecular complexity index is 787. The highest BCUT2D eigenvalue weighted by Gasteiger charge is 2.40. The van der Waals surface area contributed by atoms with Crippen molar-refractivity contribution < 1.29 is 9.18 Å². The fourth-order valence-corrected chi connectivity index (χ4v) is 3.92. The molecule has 0 aliphatic carbocycles. The van der Waals surface area contributed by atoms with Gasteiger partial charge in [-0.25, -0.2) is 4.39 Å². The Labute approximate surface area is 156 Å². The van der Waals surface area contributed by atoms with Gasteiger partial charge in [0.15, 0.2) is 0 Å². The van der Waals surface area contributed by atoms with Gasteiger partial charge in [-0.2, -0.15) is 0 Å². The number of carbonyl (C=O) groups is 1. The molecule has 1 fully saturated rings. The molecule has 2 radical (unpaired) electrons. The van der Waals surface area contributed by atoms with Crippen molar-refractivity contribution in [1.29, 1.82) is 0 Å². The van der Waals surface area contributed by atoms with Gasteiger partial charge in [0.05, 0.1) is 6.04 Å². The number of carbonyl (C=O) groups excluding carboxylic acids is 1. The van der Waals surface area contributed by atoms with Crippen LogP contribution in [0.3, 0.4) is 0 Å². The summed E-state index contributed by atoms with van der Waals surface area (Å²) in [6, 6.07) is 14.2. The van der Waals surface area contributed by atoms with E-state index in [4.69, 9.17) is 7.85 Å². The lowest BCUT2D eigenvalue weighted by Gasteiger charge is -2.43. The van der Waals surface area contributed by atoms with Crippen molar-refractivity contribution in [3.8, 4) is 0 Å². The number of likely N-dealkylation sites (tertiary alicyclic amines) is 1. The molecule has 132 valence electrons. The average Bonchev–Trinajstić information content (AvgIpc) is 2.63.